The molecule has 0 aliphatic carbocycles. The summed E-state index contributed by atoms with van der Waals surface area (Å²) in [7, 11) is 0. The van der Waals surface area contributed by atoms with Crippen LogP contribution in [0.25, 0.3) is 0 Å². The third-order valence-electron chi connectivity index (χ3n) is 3.59. The van der Waals surface area contributed by atoms with Gasteiger partial charge in [0.05, 0.1) is 6.04 Å². The van der Waals surface area contributed by atoms with Gasteiger partial charge in [0.1, 0.15) is 0 Å². The zero-order chi connectivity index (χ0) is 15.2. The predicted octanol–water partition coefficient (Wildman–Crippen LogP) is 3.33. The first-order valence-electron chi connectivity index (χ1n) is 7.29. The van der Waals surface area contributed by atoms with Gasteiger partial charge in [0.15, 0.2) is 5.78 Å². The minimum Gasteiger partial charge on any atom is -0.399 e. The number of rotatable bonds is 6. The van der Waals surface area contributed by atoms with Crippen molar-refractivity contribution in [2.45, 2.75) is 32.9 Å². The van der Waals surface area contributed by atoms with Crippen molar-refractivity contribution in [2.24, 2.45) is 0 Å². The zero-order valence-corrected chi connectivity index (χ0v) is 12.6. The van der Waals surface area contributed by atoms with Gasteiger partial charge in [-0.25, -0.2) is 0 Å². The largest absolute Gasteiger partial charge is 0.399 e. The van der Waals surface area contributed by atoms with Crippen molar-refractivity contribution in [1.29, 1.82) is 0 Å². The summed E-state index contributed by atoms with van der Waals surface area (Å²) in [6, 6.07) is 15.3. The molecule has 0 aliphatic rings. The van der Waals surface area contributed by atoms with E-state index in [1.54, 1.807) is 24.3 Å². The molecule has 110 valence electrons. The van der Waals surface area contributed by atoms with Gasteiger partial charge in [0.2, 0.25) is 0 Å². The molecule has 2 aromatic rings. The van der Waals surface area contributed by atoms with Crippen LogP contribution in [-0.2, 0) is 6.54 Å². The molecule has 0 saturated heterocycles. The maximum absolute atomic E-state index is 12.5. The Balaban J connectivity index is 2.00. The number of hydrogen-bond acceptors (Lipinski definition) is 3. The minimum absolute atomic E-state index is 0.115. The van der Waals surface area contributed by atoms with E-state index in [1.807, 2.05) is 6.92 Å². The molecular formula is C18H22N2O. The highest BCUT2D eigenvalue weighted by Gasteiger charge is 2.17. The van der Waals surface area contributed by atoms with Gasteiger partial charge in [-0.05, 0) is 43.2 Å². The number of nitrogens with one attached hydrogen (secondary N) is 1. The fourth-order valence-electron chi connectivity index (χ4n) is 2.22. The number of carbonyl (C=O) groups excluding carboxylic acids is 1. The van der Waals surface area contributed by atoms with Crippen LogP contribution in [0.2, 0.25) is 0 Å². The van der Waals surface area contributed by atoms with Crippen molar-refractivity contribution in [3.63, 3.8) is 0 Å². The van der Waals surface area contributed by atoms with E-state index in [4.69, 9.17) is 5.73 Å². The maximum atomic E-state index is 12.5. The number of carbonyl (C=O) groups is 1. The summed E-state index contributed by atoms with van der Waals surface area (Å²) in [5.41, 5.74) is 9.45. The number of anilines is 1. The molecule has 0 heterocycles. The Hall–Kier alpha value is -2.13. The standard InChI is InChI=1S/C18H22N2O/c1-3-17(18(21)15-8-10-16(19)11-9-15)20-12-14-6-4-13(2)5-7-14/h4-11,17,20H,3,12,19H2,1-2H3. The molecule has 1 atom stereocenters. The Morgan fingerprint density at radius 2 is 1.71 bits per heavy atom. The Labute approximate surface area is 126 Å². The lowest BCUT2D eigenvalue weighted by molar-refractivity contribution is 0.0939. The molecule has 0 fully saturated rings. The molecule has 3 nitrogen and oxygen atoms in total. The molecule has 1 unspecified atom stereocenters. The van der Waals surface area contributed by atoms with Crippen LogP contribution in [0.15, 0.2) is 48.5 Å². The molecule has 0 aliphatic heterocycles. The lowest BCUT2D eigenvalue weighted by Gasteiger charge is -2.16. The van der Waals surface area contributed by atoms with Gasteiger partial charge in [-0.2, -0.15) is 0 Å². The molecule has 2 aromatic carbocycles. The first-order valence-corrected chi connectivity index (χ1v) is 7.29. The van der Waals surface area contributed by atoms with E-state index < -0.39 is 0 Å². The number of nitrogens with two attached hydrogens (primary N) is 1. The summed E-state index contributed by atoms with van der Waals surface area (Å²) in [5.74, 6) is 0.115. The molecule has 21 heavy (non-hydrogen) atoms. The van der Waals surface area contributed by atoms with Crippen molar-refractivity contribution < 1.29 is 4.79 Å². The second-order valence-corrected chi connectivity index (χ2v) is 5.31. The van der Waals surface area contributed by atoms with Crippen molar-refractivity contribution >= 4 is 11.5 Å². The van der Waals surface area contributed by atoms with E-state index in [0.717, 1.165) is 6.42 Å². The van der Waals surface area contributed by atoms with Gasteiger partial charge in [-0.1, -0.05) is 36.8 Å². The lowest BCUT2D eigenvalue weighted by atomic mass is 10.0. The Kier molecular flexibility index (Phi) is 5.12. The average Bonchev–Trinajstić information content (AvgIpc) is 2.50. The minimum atomic E-state index is -0.171. The van der Waals surface area contributed by atoms with E-state index in [9.17, 15) is 4.79 Å². The van der Waals surface area contributed by atoms with Crippen LogP contribution in [0.3, 0.4) is 0 Å². The van der Waals surface area contributed by atoms with E-state index in [0.29, 0.717) is 17.8 Å². The highest BCUT2D eigenvalue weighted by Crippen LogP contribution is 2.11. The molecule has 3 heteroatoms. The third kappa shape index (κ3) is 4.17. The van der Waals surface area contributed by atoms with Gasteiger partial charge in [0, 0.05) is 17.8 Å². The third-order valence-corrected chi connectivity index (χ3v) is 3.59. The van der Waals surface area contributed by atoms with Crippen molar-refractivity contribution in [1.82, 2.24) is 5.32 Å². The SMILES string of the molecule is CCC(NCc1ccc(C)cc1)C(=O)c1ccc(N)cc1. The number of ketones is 1. The van der Waals surface area contributed by atoms with Crippen LogP contribution in [0.4, 0.5) is 5.69 Å². The number of aryl methyl sites for hydroxylation is 1. The number of benzene rings is 2. The van der Waals surface area contributed by atoms with Crippen LogP contribution in [0.1, 0.15) is 34.8 Å². The highest BCUT2D eigenvalue weighted by atomic mass is 16.1. The number of nitrogen functional groups attached to an aromatic ring is 1. The van der Waals surface area contributed by atoms with Gasteiger partial charge < -0.3 is 11.1 Å². The Bertz CT molecular complexity index is 588. The molecule has 0 bridgehead atoms. The maximum Gasteiger partial charge on any atom is 0.179 e. The molecule has 0 radical (unpaired) electrons. The van der Waals surface area contributed by atoms with Gasteiger partial charge in [-0.15, -0.1) is 0 Å². The van der Waals surface area contributed by atoms with Gasteiger partial charge in [-0.3, -0.25) is 4.79 Å². The van der Waals surface area contributed by atoms with E-state index in [1.165, 1.54) is 11.1 Å². The molecule has 3 N–H and O–H groups in total. The summed E-state index contributed by atoms with van der Waals surface area (Å²) < 4.78 is 0. The quantitative estimate of drug-likeness (QED) is 0.631. The number of Topliss-reactive ketones (excluding diaryl/α,β-unsaturated/α-hetero) is 1. The molecular weight excluding hydrogens is 260 g/mol. The zero-order valence-electron chi connectivity index (χ0n) is 12.6. The molecule has 2 rings (SSSR count). The van der Waals surface area contributed by atoms with Crippen LogP contribution in [0.5, 0.6) is 0 Å². The van der Waals surface area contributed by atoms with E-state index in [-0.39, 0.29) is 11.8 Å². The van der Waals surface area contributed by atoms with Crippen LogP contribution >= 0.6 is 0 Å². The summed E-state index contributed by atoms with van der Waals surface area (Å²) >= 11 is 0. The van der Waals surface area contributed by atoms with Crippen molar-refractivity contribution in [2.75, 3.05) is 5.73 Å². The first kappa shape index (κ1) is 15.3. The normalized spacial score (nSPS) is 12.1. The average molecular weight is 282 g/mol. The molecule has 0 saturated carbocycles. The first-order chi connectivity index (χ1) is 10.1. The van der Waals surface area contributed by atoms with Crippen molar-refractivity contribution in [3.8, 4) is 0 Å². The Morgan fingerprint density at radius 3 is 2.29 bits per heavy atom. The monoisotopic (exact) mass is 282 g/mol. The second kappa shape index (κ2) is 7.04. The molecule has 0 spiro atoms. The second-order valence-electron chi connectivity index (χ2n) is 5.31. The highest BCUT2D eigenvalue weighted by molar-refractivity contribution is 6.00. The van der Waals surface area contributed by atoms with E-state index in [2.05, 4.69) is 36.5 Å². The summed E-state index contributed by atoms with van der Waals surface area (Å²) in [6.45, 7) is 4.78. The smallest absolute Gasteiger partial charge is 0.179 e. The van der Waals surface area contributed by atoms with E-state index >= 15 is 0 Å². The predicted molar refractivity (Wildman–Crippen MR) is 87.3 cm³/mol. The number of hydrogen-bond donors (Lipinski definition) is 2. The Morgan fingerprint density at radius 1 is 1.10 bits per heavy atom. The summed E-state index contributed by atoms with van der Waals surface area (Å²) in [5, 5.41) is 3.34. The van der Waals surface area contributed by atoms with Gasteiger partial charge in [0.25, 0.3) is 0 Å². The molecule has 0 aromatic heterocycles. The van der Waals surface area contributed by atoms with Crippen molar-refractivity contribution in [3.05, 3.63) is 65.2 Å². The van der Waals surface area contributed by atoms with Crippen LogP contribution in [-0.4, -0.2) is 11.8 Å². The van der Waals surface area contributed by atoms with Gasteiger partial charge >= 0.3 is 0 Å². The fraction of sp³-hybridized carbons (Fsp3) is 0.278. The summed E-state index contributed by atoms with van der Waals surface area (Å²) in [6.07, 6.45) is 0.759. The fourth-order valence-corrected chi connectivity index (χ4v) is 2.22. The topological polar surface area (TPSA) is 55.1 Å². The molecule has 0 amide bonds. The lowest BCUT2D eigenvalue weighted by Crippen LogP contribution is -2.35. The van der Waals surface area contributed by atoms with Crippen LogP contribution in [0, 0.1) is 6.92 Å². The van der Waals surface area contributed by atoms with Crippen LogP contribution < -0.4 is 11.1 Å². The summed E-state index contributed by atoms with van der Waals surface area (Å²) in [4.78, 5) is 12.5.